The van der Waals surface area contributed by atoms with Gasteiger partial charge in [-0.3, -0.25) is 9.59 Å². The zero-order chi connectivity index (χ0) is 21.5. The number of carbonyl (C=O) groups is 2. The first-order chi connectivity index (χ1) is 14.5. The summed E-state index contributed by atoms with van der Waals surface area (Å²) in [5.74, 6) is 0.120. The Morgan fingerprint density at radius 3 is 2.50 bits per heavy atom. The standard InChI is InChI=1S/C24H25ClN2O3/c1-3-26-24(29)17(2)27(15-19-10-5-7-13-21(19)25)23(28)16-30-22-14-8-11-18-9-4-6-12-20(18)22/h4-14,17H,3,15-16H2,1-2H3,(H,26,29)/t17-/m0/s1. The van der Waals surface area contributed by atoms with Crippen molar-refractivity contribution in [3.05, 3.63) is 77.3 Å². The van der Waals surface area contributed by atoms with Crippen molar-refractivity contribution in [1.29, 1.82) is 0 Å². The molecule has 3 aromatic carbocycles. The van der Waals surface area contributed by atoms with Crippen LogP contribution in [-0.2, 0) is 16.1 Å². The summed E-state index contributed by atoms with van der Waals surface area (Å²) in [7, 11) is 0. The number of halogens is 1. The Kier molecular flexibility index (Phi) is 7.31. The fourth-order valence-electron chi connectivity index (χ4n) is 3.26. The van der Waals surface area contributed by atoms with Gasteiger partial charge in [-0.2, -0.15) is 0 Å². The Morgan fingerprint density at radius 2 is 1.73 bits per heavy atom. The molecular weight excluding hydrogens is 400 g/mol. The fraction of sp³-hybridized carbons (Fsp3) is 0.250. The van der Waals surface area contributed by atoms with Gasteiger partial charge in [-0.25, -0.2) is 0 Å². The minimum atomic E-state index is -0.662. The van der Waals surface area contributed by atoms with E-state index in [1.807, 2.05) is 67.6 Å². The van der Waals surface area contributed by atoms with Crippen LogP contribution in [0.4, 0.5) is 0 Å². The maximum atomic E-state index is 13.1. The van der Waals surface area contributed by atoms with E-state index in [0.29, 0.717) is 17.3 Å². The van der Waals surface area contributed by atoms with Gasteiger partial charge in [0, 0.05) is 23.5 Å². The molecule has 0 aliphatic heterocycles. The molecule has 0 saturated heterocycles. The van der Waals surface area contributed by atoms with Crippen molar-refractivity contribution in [3.8, 4) is 5.75 Å². The summed E-state index contributed by atoms with van der Waals surface area (Å²) in [6.07, 6.45) is 0. The lowest BCUT2D eigenvalue weighted by molar-refractivity contribution is -0.142. The predicted octanol–water partition coefficient (Wildman–Crippen LogP) is 4.43. The van der Waals surface area contributed by atoms with Crippen LogP contribution in [0.3, 0.4) is 0 Å². The van der Waals surface area contributed by atoms with Gasteiger partial charge in [0.05, 0.1) is 0 Å². The quantitative estimate of drug-likeness (QED) is 0.582. The van der Waals surface area contributed by atoms with Crippen molar-refractivity contribution in [3.63, 3.8) is 0 Å². The predicted molar refractivity (Wildman–Crippen MR) is 120 cm³/mol. The van der Waals surface area contributed by atoms with Crippen molar-refractivity contribution in [1.82, 2.24) is 10.2 Å². The largest absolute Gasteiger partial charge is 0.483 e. The number of hydrogen-bond donors (Lipinski definition) is 1. The van der Waals surface area contributed by atoms with Gasteiger partial charge >= 0.3 is 0 Å². The summed E-state index contributed by atoms with van der Waals surface area (Å²) < 4.78 is 5.86. The molecule has 0 spiro atoms. The second-order valence-electron chi connectivity index (χ2n) is 6.95. The molecule has 3 aromatic rings. The molecule has 0 saturated carbocycles. The van der Waals surface area contributed by atoms with Crippen LogP contribution < -0.4 is 10.1 Å². The van der Waals surface area contributed by atoms with Gasteiger partial charge in [-0.15, -0.1) is 0 Å². The Labute approximate surface area is 181 Å². The third-order valence-corrected chi connectivity index (χ3v) is 5.29. The van der Waals surface area contributed by atoms with Gasteiger partial charge in [-0.05, 0) is 36.9 Å². The van der Waals surface area contributed by atoms with Crippen LogP contribution in [0.15, 0.2) is 66.7 Å². The van der Waals surface area contributed by atoms with E-state index in [4.69, 9.17) is 16.3 Å². The minimum Gasteiger partial charge on any atom is -0.483 e. The van der Waals surface area contributed by atoms with Gasteiger partial charge in [0.2, 0.25) is 5.91 Å². The highest BCUT2D eigenvalue weighted by Gasteiger charge is 2.26. The number of rotatable bonds is 8. The maximum Gasteiger partial charge on any atom is 0.261 e. The number of likely N-dealkylation sites (N-methyl/N-ethyl adjacent to an activating group) is 1. The SMILES string of the molecule is CCNC(=O)[C@H](C)N(Cc1ccccc1Cl)C(=O)COc1cccc2ccccc12. The molecule has 5 nitrogen and oxygen atoms in total. The normalized spacial score (nSPS) is 11.7. The third-order valence-electron chi connectivity index (χ3n) is 4.92. The number of benzene rings is 3. The molecule has 0 heterocycles. The maximum absolute atomic E-state index is 13.1. The first-order valence-electron chi connectivity index (χ1n) is 9.92. The minimum absolute atomic E-state index is 0.178. The monoisotopic (exact) mass is 424 g/mol. The lowest BCUT2D eigenvalue weighted by atomic mass is 10.1. The molecular formula is C24H25ClN2O3. The van der Waals surface area contributed by atoms with Crippen LogP contribution in [0.5, 0.6) is 5.75 Å². The molecule has 0 unspecified atom stereocenters. The lowest BCUT2D eigenvalue weighted by Crippen LogP contribution is -2.49. The summed E-state index contributed by atoms with van der Waals surface area (Å²) in [6, 6.07) is 20.2. The van der Waals surface area contributed by atoms with Crippen molar-refractivity contribution >= 4 is 34.2 Å². The number of ether oxygens (including phenoxy) is 1. The highest BCUT2D eigenvalue weighted by atomic mass is 35.5. The number of nitrogens with one attached hydrogen (secondary N) is 1. The van der Waals surface area contributed by atoms with Crippen LogP contribution in [0.25, 0.3) is 10.8 Å². The van der Waals surface area contributed by atoms with E-state index < -0.39 is 6.04 Å². The second-order valence-corrected chi connectivity index (χ2v) is 7.36. The summed E-state index contributed by atoms with van der Waals surface area (Å²) in [5, 5.41) is 5.29. The molecule has 3 rings (SSSR count). The van der Waals surface area contributed by atoms with Crippen molar-refractivity contribution in [2.75, 3.05) is 13.2 Å². The smallest absolute Gasteiger partial charge is 0.261 e. The van der Waals surface area contributed by atoms with Crippen molar-refractivity contribution < 1.29 is 14.3 Å². The molecule has 2 amide bonds. The van der Waals surface area contributed by atoms with Crippen LogP contribution in [0.2, 0.25) is 5.02 Å². The van der Waals surface area contributed by atoms with E-state index in [2.05, 4.69) is 5.32 Å². The van der Waals surface area contributed by atoms with E-state index in [1.54, 1.807) is 13.0 Å². The molecule has 0 radical (unpaired) electrons. The molecule has 0 aromatic heterocycles. The summed E-state index contributed by atoms with van der Waals surface area (Å²) >= 11 is 6.29. The number of hydrogen-bond acceptors (Lipinski definition) is 3. The van der Waals surface area contributed by atoms with Gasteiger partial charge < -0.3 is 15.0 Å². The number of nitrogens with zero attached hydrogens (tertiary/aromatic N) is 1. The summed E-state index contributed by atoms with van der Waals surface area (Å²) in [5.41, 5.74) is 0.772. The summed E-state index contributed by atoms with van der Waals surface area (Å²) in [6.45, 7) is 4.08. The van der Waals surface area contributed by atoms with Crippen LogP contribution in [0.1, 0.15) is 19.4 Å². The molecule has 0 bridgehead atoms. The van der Waals surface area contributed by atoms with Gasteiger partial charge in [-0.1, -0.05) is 66.2 Å². The Morgan fingerprint density at radius 1 is 1.03 bits per heavy atom. The summed E-state index contributed by atoms with van der Waals surface area (Å²) in [4.78, 5) is 27.0. The van der Waals surface area contributed by atoms with Gasteiger partial charge in [0.1, 0.15) is 11.8 Å². The average molecular weight is 425 g/mol. The van der Waals surface area contributed by atoms with Crippen molar-refractivity contribution in [2.45, 2.75) is 26.4 Å². The fourth-order valence-corrected chi connectivity index (χ4v) is 3.45. The average Bonchev–Trinajstić information content (AvgIpc) is 2.76. The lowest BCUT2D eigenvalue weighted by Gasteiger charge is -2.29. The van der Waals surface area contributed by atoms with Crippen LogP contribution >= 0.6 is 11.6 Å². The Bertz CT molecular complexity index is 1030. The molecule has 0 aliphatic carbocycles. The third kappa shape index (κ3) is 5.10. The first kappa shape index (κ1) is 21.7. The van der Waals surface area contributed by atoms with E-state index in [-0.39, 0.29) is 25.0 Å². The van der Waals surface area contributed by atoms with Crippen LogP contribution in [0, 0.1) is 0 Å². The molecule has 30 heavy (non-hydrogen) atoms. The zero-order valence-electron chi connectivity index (χ0n) is 17.1. The van der Waals surface area contributed by atoms with E-state index >= 15 is 0 Å². The number of amides is 2. The Balaban J connectivity index is 1.80. The van der Waals surface area contributed by atoms with E-state index in [0.717, 1.165) is 16.3 Å². The van der Waals surface area contributed by atoms with Crippen LogP contribution in [-0.4, -0.2) is 35.9 Å². The van der Waals surface area contributed by atoms with E-state index in [1.165, 1.54) is 4.90 Å². The number of carbonyl (C=O) groups excluding carboxylic acids is 2. The second kappa shape index (κ2) is 10.1. The molecule has 1 atom stereocenters. The first-order valence-corrected chi connectivity index (χ1v) is 10.3. The molecule has 1 N–H and O–H groups in total. The highest BCUT2D eigenvalue weighted by Crippen LogP contribution is 2.25. The Hall–Kier alpha value is -3.05. The van der Waals surface area contributed by atoms with Crippen molar-refractivity contribution in [2.24, 2.45) is 0 Å². The van der Waals surface area contributed by atoms with Gasteiger partial charge in [0.25, 0.3) is 5.91 Å². The molecule has 156 valence electrons. The molecule has 0 fully saturated rings. The number of fused-ring (bicyclic) bond motifs is 1. The highest BCUT2D eigenvalue weighted by molar-refractivity contribution is 6.31. The van der Waals surface area contributed by atoms with E-state index in [9.17, 15) is 9.59 Å². The zero-order valence-corrected chi connectivity index (χ0v) is 17.9. The topological polar surface area (TPSA) is 58.6 Å². The van der Waals surface area contributed by atoms with Gasteiger partial charge in [0.15, 0.2) is 6.61 Å². The molecule has 6 heteroatoms. The molecule has 0 aliphatic rings.